The van der Waals surface area contributed by atoms with Crippen LogP contribution in [0.3, 0.4) is 0 Å². The summed E-state index contributed by atoms with van der Waals surface area (Å²) in [6, 6.07) is 10.6. The maximum absolute atomic E-state index is 12.8. The van der Waals surface area contributed by atoms with Gasteiger partial charge in [0.2, 0.25) is 0 Å². The van der Waals surface area contributed by atoms with Crippen molar-refractivity contribution in [2.45, 2.75) is 19.3 Å². The fraction of sp³-hybridized carbons (Fsp3) is 0.316. The molecule has 5 nitrogen and oxygen atoms in total. The van der Waals surface area contributed by atoms with Gasteiger partial charge in [0.05, 0.1) is 12.4 Å². The summed E-state index contributed by atoms with van der Waals surface area (Å²) in [4.78, 5) is 23.0. The van der Waals surface area contributed by atoms with Gasteiger partial charge in [-0.2, -0.15) is 0 Å². The van der Waals surface area contributed by atoms with Gasteiger partial charge in [-0.3, -0.25) is 14.2 Å². The third-order valence-electron chi connectivity index (χ3n) is 4.81. The van der Waals surface area contributed by atoms with Gasteiger partial charge in [0.1, 0.15) is 5.69 Å². The molecule has 4 rings (SSSR count). The number of rotatable bonds is 3. The van der Waals surface area contributed by atoms with Crippen LogP contribution in [0.15, 0.2) is 55.1 Å². The van der Waals surface area contributed by atoms with Crippen LogP contribution in [-0.4, -0.2) is 38.3 Å². The Hall–Kier alpha value is -2.69. The number of aromatic nitrogens is 3. The average molecular weight is 320 g/mol. The molecule has 122 valence electrons. The molecular formula is C19H20N4O. The first-order valence-electron chi connectivity index (χ1n) is 8.41. The number of likely N-dealkylation sites (tertiary alicyclic amines) is 1. The summed E-state index contributed by atoms with van der Waals surface area (Å²) in [7, 11) is 0. The second-order valence-corrected chi connectivity index (χ2v) is 6.37. The first-order chi connectivity index (χ1) is 11.8. The summed E-state index contributed by atoms with van der Waals surface area (Å²) in [5, 5.41) is 0. The normalized spacial score (nSPS) is 15.8. The van der Waals surface area contributed by atoms with Crippen LogP contribution >= 0.6 is 0 Å². The van der Waals surface area contributed by atoms with Crippen molar-refractivity contribution in [2.24, 2.45) is 5.92 Å². The topological polar surface area (TPSA) is 50.5 Å². The molecule has 0 radical (unpaired) electrons. The van der Waals surface area contributed by atoms with Gasteiger partial charge >= 0.3 is 0 Å². The minimum Gasteiger partial charge on any atom is -0.337 e. The smallest absolute Gasteiger partial charge is 0.272 e. The lowest BCUT2D eigenvalue weighted by molar-refractivity contribution is 0.0683. The van der Waals surface area contributed by atoms with Crippen LogP contribution in [-0.2, 0) is 6.42 Å². The lowest BCUT2D eigenvalue weighted by Crippen LogP contribution is -2.39. The summed E-state index contributed by atoms with van der Waals surface area (Å²) < 4.78 is 1.81. The van der Waals surface area contributed by atoms with E-state index >= 15 is 0 Å². The number of hydrogen-bond donors (Lipinski definition) is 0. The molecule has 0 N–H and O–H groups in total. The molecule has 0 saturated carbocycles. The number of fused-ring (bicyclic) bond motifs is 1. The molecule has 1 saturated heterocycles. The van der Waals surface area contributed by atoms with Gasteiger partial charge in [-0.05, 0) is 30.7 Å². The van der Waals surface area contributed by atoms with E-state index in [4.69, 9.17) is 0 Å². The fourth-order valence-electron chi connectivity index (χ4n) is 3.45. The van der Waals surface area contributed by atoms with E-state index in [1.165, 1.54) is 5.56 Å². The number of hydrogen-bond acceptors (Lipinski definition) is 3. The molecule has 0 unspecified atom stereocenters. The first kappa shape index (κ1) is 14.9. The number of piperidine rings is 1. The zero-order chi connectivity index (χ0) is 16.4. The van der Waals surface area contributed by atoms with Crippen LogP contribution in [0.5, 0.6) is 0 Å². The molecule has 1 aromatic carbocycles. The van der Waals surface area contributed by atoms with E-state index in [1.807, 2.05) is 9.30 Å². The highest BCUT2D eigenvalue weighted by Crippen LogP contribution is 2.23. The van der Waals surface area contributed by atoms with Crippen molar-refractivity contribution >= 4 is 11.6 Å². The van der Waals surface area contributed by atoms with Gasteiger partial charge < -0.3 is 4.90 Å². The van der Waals surface area contributed by atoms with E-state index in [9.17, 15) is 4.79 Å². The van der Waals surface area contributed by atoms with Crippen LogP contribution < -0.4 is 0 Å². The third kappa shape index (κ3) is 2.89. The third-order valence-corrected chi connectivity index (χ3v) is 4.81. The average Bonchev–Trinajstić information content (AvgIpc) is 3.07. The van der Waals surface area contributed by atoms with Gasteiger partial charge in [-0.25, -0.2) is 4.98 Å². The highest BCUT2D eigenvalue weighted by Gasteiger charge is 2.25. The number of nitrogens with zero attached hydrogens (tertiary/aromatic N) is 4. The second-order valence-electron chi connectivity index (χ2n) is 6.37. The van der Waals surface area contributed by atoms with E-state index in [1.54, 1.807) is 24.8 Å². The van der Waals surface area contributed by atoms with Crippen molar-refractivity contribution in [3.05, 3.63) is 66.4 Å². The number of carbonyl (C=O) groups is 1. The van der Waals surface area contributed by atoms with E-state index in [-0.39, 0.29) is 5.91 Å². The van der Waals surface area contributed by atoms with Crippen molar-refractivity contribution in [1.82, 2.24) is 19.3 Å². The van der Waals surface area contributed by atoms with Crippen molar-refractivity contribution in [3.8, 4) is 0 Å². The molecule has 0 atom stereocenters. The Morgan fingerprint density at radius 2 is 1.92 bits per heavy atom. The predicted octanol–water partition coefficient (Wildman–Crippen LogP) is 2.82. The van der Waals surface area contributed by atoms with Crippen molar-refractivity contribution < 1.29 is 4.79 Å². The summed E-state index contributed by atoms with van der Waals surface area (Å²) in [5.74, 6) is 0.717. The van der Waals surface area contributed by atoms with E-state index < -0.39 is 0 Å². The lowest BCUT2D eigenvalue weighted by atomic mass is 9.90. The van der Waals surface area contributed by atoms with Gasteiger partial charge in [0.15, 0.2) is 5.65 Å². The van der Waals surface area contributed by atoms with E-state index in [0.717, 1.165) is 32.4 Å². The zero-order valence-corrected chi connectivity index (χ0v) is 13.5. The minimum absolute atomic E-state index is 0.0619. The summed E-state index contributed by atoms with van der Waals surface area (Å²) >= 11 is 0. The van der Waals surface area contributed by atoms with Crippen molar-refractivity contribution in [2.75, 3.05) is 13.1 Å². The predicted molar refractivity (Wildman–Crippen MR) is 91.8 cm³/mol. The number of imidazole rings is 1. The van der Waals surface area contributed by atoms with Crippen molar-refractivity contribution in [1.29, 1.82) is 0 Å². The lowest BCUT2D eigenvalue weighted by Gasteiger charge is -2.32. The van der Waals surface area contributed by atoms with Crippen LogP contribution in [0.4, 0.5) is 0 Å². The van der Waals surface area contributed by atoms with Crippen LogP contribution in [0, 0.1) is 5.92 Å². The minimum atomic E-state index is 0.0619. The molecule has 1 aliphatic rings. The Balaban J connectivity index is 1.41. The van der Waals surface area contributed by atoms with Gasteiger partial charge in [-0.1, -0.05) is 30.3 Å². The Morgan fingerprint density at radius 1 is 1.12 bits per heavy atom. The summed E-state index contributed by atoms with van der Waals surface area (Å²) in [6.45, 7) is 1.63. The monoisotopic (exact) mass is 320 g/mol. The SMILES string of the molecule is O=C(c1cnc2cnccn12)N1CCC(Cc2ccccc2)CC1. The van der Waals surface area contributed by atoms with Crippen LogP contribution in [0.2, 0.25) is 0 Å². The molecule has 1 fully saturated rings. The summed E-state index contributed by atoms with van der Waals surface area (Å²) in [6.07, 6.45) is 10.00. The Kier molecular flexibility index (Phi) is 3.99. The second kappa shape index (κ2) is 6.43. The maximum atomic E-state index is 12.8. The molecule has 1 amide bonds. The Labute approximate surface area is 141 Å². The fourth-order valence-corrected chi connectivity index (χ4v) is 3.45. The standard InChI is InChI=1S/C19H20N4O/c24-19(17-13-21-18-14-20-8-11-23(17)18)22-9-6-16(7-10-22)12-15-4-2-1-3-5-15/h1-5,8,11,13-14,16H,6-7,9-10,12H2. The number of amides is 1. The van der Waals surface area contributed by atoms with Gasteiger partial charge in [0, 0.05) is 25.5 Å². The van der Waals surface area contributed by atoms with Crippen LogP contribution in [0.1, 0.15) is 28.9 Å². The molecule has 3 heterocycles. The van der Waals surface area contributed by atoms with Crippen molar-refractivity contribution in [3.63, 3.8) is 0 Å². The molecule has 24 heavy (non-hydrogen) atoms. The molecule has 0 bridgehead atoms. The van der Waals surface area contributed by atoms with E-state index in [2.05, 4.69) is 40.3 Å². The van der Waals surface area contributed by atoms with Gasteiger partial charge in [0.25, 0.3) is 5.91 Å². The molecule has 1 aliphatic heterocycles. The van der Waals surface area contributed by atoms with Crippen LogP contribution in [0.25, 0.3) is 5.65 Å². The highest BCUT2D eigenvalue weighted by molar-refractivity contribution is 5.93. The van der Waals surface area contributed by atoms with Gasteiger partial charge in [-0.15, -0.1) is 0 Å². The Morgan fingerprint density at radius 3 is 2.71 bits per heavy atom. The molecule has 5 heteroatoms. The van der Waals surface area contributed by atoms with E-state index in [0.29, 0.717) is 17.3 Å². The zero-order valence-electron chi connectivity index (χ0n) is 13.5. The molecule has 0 aliphatic carbocycles. The first-order valence-corrected chi connectivity index (χ1v) is 8.41. The molecule has 0 spiro atoms. The quantitative estimate of drug-likeness (QED) is 0.745. The maximum Gasteiger partial charge on any atom is 0.272 e. The Bertz CT molecular complexity index is 835. The molecular weight excluding hydrogens is 300 g/mol. The largest absolute Gasteiger partial charge is 0.337 e. The summed E-state index contributed by atoms with van der Waals surface area (Å²) in [5.41, 5.74) is 2.71. The molecule has 2 aromatic heterocycles. The number of benzene rings is 1. The highest BCUT2D eigenvalue weighted by atomic mass is 16.2. The number of carbonyl (C=O) groups excluding carboxylic acids is 1. The molecule has 3 aromatic rings.